The highest BCUT2D eigenvalue weighted by Gasteiger charge is 2.24. The second-order valence-corrected chi connectivity index (χ2v) is 6.07. The van der Waals surface area contributed by atoms with Crippen LogP contribution < -0.4 is 0 Å². The number of likely N-dealkylation sites (N-methyl/N-ethyl adjacent to an activating group) is 1. The number of rotatable bonds is 0. The molecule has 102 valence electrons. The van der Waals surface area contributed by atoms with Crippen LogP contribution in [0.3, 0.4) is 0 Å². The van der Waals surface area contributed by atoms with E-state index in [1.807, 2.05) is 0 Å². The maximum Gasteiger partial charge on any atom is 0.0497 e. The van der Waals surface area contributed by atoms with E-state index in [-0.39, 0.29) is 0 Å². The Balaban J connectivity index is 2.12. The quantitative estimate of drug-likeness (QED) is 0.645. The topological polar surface area (TPSA) is 19.0 Å². The summed E-state index contributed by atoms with van der Waals surface area (Å²) in [4.78, 5) is 6.06. The average Bonchev–Trinajstić information content (AvgIpc) is 2.83. The van der Waals surface area contributed by atoms with Crippen molar-refractivity contribution in [2.75, 3.05) is 13.6 Å². The molecule has 0 amide bonds. The molecule has 1 aliphatic rings. The zero-order valence-corrected chi connectivity index (χ0v) is 12.3. The minimum atomic E-state index is 0.510. The Labute approximate surface area is 119 Å². The molecule has 20 heavy (non-hydrogen) atoms. The van der Waals surface area contributed by atoms with Gasteiger partial charge in [-0.25, -0.2) is 0 Å². The Kier molecular flexibility index (Phi) is 2.45. The van der Waals surface area contributed by atoms with Gasteiger partial charge in [0.1, 0.15) is 0 Å². The molecule has 0 fully saturated rings. The lowest BCUT2D eigenvalue weighted by atomic mass is 9.88. The number of aryl methyl sites for hydroxylation is 1. The summed E-state index contributed by atoms with van der Waals surface area (Å²) >= 11 is 0. The van der Waals surface area contributed by atoms with Crippen LogP contribution >= 0.6 is 0 Å². The van der Waals surface area contributed by atoms with Gasteiger partial charge in [-0.3, -0.25) is 4.90 Å². The molecule has 0 radical (unpaired) electrons. The fraction of sp³-hybridized carbons (Fsp3) is 0.333. The number of benzene rings is 2. The molecular formula is C18H20N2. The van der Waals surface area contributed by atoms with Crippen LogP contribution in [-0.4, -0.2) is 23.5 Å². The van der Waals surface area contributed by atoms with Crippen LogP contribution in [0, 0.1) is 6.92 Å². The Hall–Kier alpha value is -1.80. The monoisotopic (exact) mass is 264 g/mol. The number of aromatic amines is 1. The summed E-state index contributed by atoms with van der Waals surface area (Å²) in [5.41, 5.74) is 7.06. The molecule has 0 bridgehead atoms. The third kappa shape index (κ3) is 1.49. The summed E-state index contributed by atoms with van der Waals surface area (Å²) in [5.74, 6) is 0. The predicted octanol–water partition coefficient (Wildman–Crippen LogP) is 4.18. The highest BCUT2D eigenvalue weighted by Crippen LogP contribution is 2.37. The lowest BCUT2D eigenvalue weighted by Crippen LogP contribution is -2.30. The van der Waals surface area contributed by atoms with Gasteiger partial charge in [-0.05, 0) is 56.1 Å². The van der Waals surface area contributed by atoms with E-state index in [9.17, 15) is 0 Å². The van der Waals surface area contributed by atoms with Gasteiger partial charge in [-0.1, -0.05) is 18.2 Å². The van der Waals surface area contributed by atoms with Crippen molar-refractivity contribution in [3.8, 4) is 0 Å². The Bertz CT molecular complexity index is 813. The van der Waals surface area contributed by atoms with Crippen LogP contribution in [0.25, 0.3) is 21.8 Å². The normalized spacial score (nSPS) is 19.6. The van der Waals surface area contributed by atoms with Gasteiger partial charge in [0.2, 0.25) is 0 Å². The van der Waals surface area contributed by atoms with Gasteiger partial charge < -0.3 is 4.98 Å². The first-order chi connectivity index (χ1) is 9.66. The second kappa shape index (κ2) is 4.10. The van der Waals surface area contributed by atoms with Crippen molar-refractivity contribution in [1.29, 1.82) is 0 Å². The van der Waals surface area contributed by atoms with Crippen LogP contribution in [0.15, 0.2) is 30.3 Å². The highest BCUT2D eigenvalue weighted by molar-refractivity contribution is 6.08. The van der Waals surface area contributed by atoms with Gasteiger partial charge in [0.15, 0.2) is 0 Å². The van der Waals surface area contributed by atoms with Gasteiger partial charge in [0.25, 0.3) is 0 Å². The predicted molar refractivity (Wildman–Crippen MR) is 85.3 cm³/mol. The van der Waals surface area contributed by atoms with E-state index < -0.39 is 0 Å². The summed E-state index contributed by atoms with van der Waals surface area (Å²) in [7, 11) is 2.22. The van der Waals surface area contributed by atoms with Crippen LogP contribution in [0.5, 0.6) is 0 Å². The lowest BCUT2D eigenvalue weighted by molar-refractivity contribution is 0.247. The van der Waals surface area contributed by atoms with Crippen LogP contribution in [0.1, 0.15) is 29.7 Å². The number of aromatic nitrogens is 1. The van der Waals surface area contributed by atoms with Gasteiger partial charge in [0.05, 0.1) is 0 Å². The minimum absolute atomic E-state index is 0.510. The number of hydrogen-bond acceptors (Lipinski definition) is 1. The van der Waals surface area contributed by atoms with E-state index in [0.29, 0.717) is 6.04 Å². The first-order valence-electron chi connectivity index (χ1n) is 7.40. The van der Waals surface area contributed by atoms with Crippen molar-refractivity contribution in [3.63, 3.8) is 0 Å². The maximum atomic E-state index is 3.61. The number of nitrogens with one attached hydrogen (secondary N) is 1. The molecule has 1 N–H and O–H groups in total. The van der Waals surface area contributed by atoms with Crippen LogP contribution in [0.4, 0.5) is 0 Å². The molecule has 2 heteroatoms. The summed E-state index contributed by atoms with van der Waals surface area (Å²) < 4.78 is 0. The maximum absolute atomic E-state index is 3.61. The number of hydrogen-bond donors (Lipinski definition) is 1. The molecule has 1 aromatic heterocycles. The van der Waals surface area contributed by atoms with Gasteiger partial charge >= 0.3 is 0 Å². The number of para-hydroxylation sites is 1. The summed E-state index contributed by atoms with van der Waals surface area (Å²) in [6, 6.07) is 11.5. The van der Waals surface area contributed by atoms with Crippen LogP contribution in [0.2, 0.25) is 0 Å². The third-order valence-corrected chi connectivity index (χ3v) is 5.05. The number of H-pyrrole nitrogens is 1. The molecule has 4 rings (SSSR count). The van der Waals surface area contributed by atoms with E-state index in [4.69, 9.17) is 0 Å². The second-order valence-electron chi connectivity index (χ2n) is 6.07. The van der Waals surface area contributed by atoms with Crippen molar-refractivity contribution < 1.29 is 0 Å². The molecule has 0 saturated carbocycles. The van der Waals surface area contributed by atoms with E-state index >= 15 is 0 Å². The smallest absolute Gasteiger partial charge is 0.0497 e. The standard InChI is InChI=1S/C18H20N2/c1-11-13-8-9-20(3)12(2)15(13)10-16-14-6-4-5-7-17(14)19-18(11)16/h4-7,10,12,19H,8-9H2,1-3H3/t12-/m1/s1. The van der Waals surface area contributed by atoms with Crippen molar-refractivity contribution in [2.24, 2.45) is 0 Å². The average molecular weight is 264 g/mol. The molecule has 2 nitrogen and oxygen atoms in total. The van der Waals surface area contributed by atoms with Crippen molar-refractivity contribution in [2.45, 2.75) is 26.3 Å². The third-order valence-electron chi connectivity index (χ3n) is 5.05. The molecule has 0 aliphatic carbocycles. The van der Waals surface area contributed by atoms with Crippen molar-refractivity contribution in [1.82, 2.24) is 9.88 Å². The summed E-state index contributed by atoms with van der Waals surface area (Å²) in [5, 5.41) is 2.72. The molecule has 3 aromatic rings. The van der Waals surface area contributed by atoms with E-state index in [0.717, 1.165) is 13.0 Å². The molecule has 0 unspecified atom stereocenters. The fourth-order valence-electron chi connectivity index (χ4n) is 3.64. The molecule has 2 heterocycles. The Morgan fingerprint density at radius 1 is 1.20 bits per heavy atom. The van der Waals surface area contributed by atoms with Gasteiger partial charge in [0, 0.05) is 34.4 Å². The molecule has 0 saturated heterocycles. The Morgan fingerprint density at radius 2 is 2.00 bits per heavy atom. The molecule has 0 spiro atoms. The van der Waals surface area contributed by atoms with E-state index in [2.05, 4.69) is 61.1 Å². The first-order valence-corrected chi connectivity index (χ1v) is 7.40. The molecule has 1 aliphatic heterocycles. The SMILES string of the molecule is Cc1c2c(cc3c1[nH]c1ccccc13)[C@@H](C)N(C)CC2. The zero-order valence-electron chi connectivity index (χ0n) is 12.3. The lowest BCUT2D eigenvalue weighted by Gasteiger charge is -2.33. The van der Waals surface area contributed by atoms with Gasteiger partial charge in [-0.2, -0.15) is 0 Å². The molecule has 1 atom stereocenters. The fourth-order valence-corrected chi connectivity index (χ4v) is 3.64. The molecular weight excluding hydrogens is 244 g/mol. The number of nitrogens with zero attached hydrogens (tertiary/aromatic N) is 1. The van der Waals surface area contributed by atoms with E-state index in [1.54, 1.807) is 5.56 Å². The first kappa shape index (κ1) is 12.0. The molecule has 2 aromatic carbocycles. The van der Waals surface area contributed by atoms with Crippen LogP contribution in [-0.2, 0) is 6.42 Å². The zero-order chi connectivity index (χ0) is 13.9. The van der Waals surface area contributed by atoms with Crippen molar-refractivity contribution >= 4 is 21.8 Å². The largest absolute Gasteiger partial charge is 0.354 e. The van der Waals surface area contributed by atoms with Gasteiger partial charge in [-0.15, -0.1) is 0 Å². The number of fused-ring (bicyclic) bond motifs is 4. The Morgan fingerprint density at radius 3 is 2.85 bits per heavy atom. The minimum Gasteiger partial charge on any atom is -0.354 e. The summed E-state index contributed by atoms with van der Waals surface area (Å²) in [6.45, 7) is 5.74. The van der Waals surface area contributed by atoms with Crippen molar-refractivity contribution in [3.05, 3.63) is 47.0 Å². The highest BCUT2D eigenvalue weighted by atomic mass is 15.1. The summed E-state index contributed by atoms with van der Waals surface area (Å²) in [6.07, 6.45) is 1.16. The van der Waals surface area contributed by atoms with E-state index in [1.165, 1.54) is 32.9 Å².